The number of fused-ring (bicyclic) bond motifs is 1. The van der Waals surface area contributed by atoms with E-state index in [0.29, 0.717) is 11.9 Å². The van der Waals surface area contributed by atoms with E-state index in [4.69, 9.17) is 0 Å². The fourth-order valence-corrected chi connectivity index (χ4v) is 8.76. The van der Waals surface area contributed by atoms with Gasteiger partial charge in [0.05, 0.1) is 27.9 Å². The van der Waals surface area contributed by atoms with Crippen molar-refractivity contribution < 1.29 is 36.6 Å². The molecule has 0 aliphatic carbocycles. The van der Waals surface area contributed by atoms with Gasteiger partial charge in [0.15, 0.2) is 5.84 Å². The van der Waals surface area contributed by atoms with Crippen LogP contribution in [0.5, 0.6) is 0 Å². The van der Waals surface area contributed by atoms with Crippen molar-refractivity contribution in [2.75, 3.05) is 23.7 Å². The number of hydrogen-bond acceptors (Lipinski definition) is 7. The summed E-state index contributed by atoms with van der Waals surface area (Å²) in [4.78, 5) is 49.0. The quantitative estimate of drug-likeness (QED) is 0.230. The van der Waals surface area contributed by atoms with Crippen molar-refractivity contribution >= 4 is 62.2 Å². The number of carbonyl (C=O) groups excluding carboxylic acids is 2. The Hall–Kier alpha value is -4.35. The second-order valence-corrected chi connectivity index (χ2v) is 14.3. The van der Waals surface area contributed by atoms with Gasteiger partial charge in [-0.3, -0.25) is 9.36 Å². The van der Waals surface area contributed by atoms with Gasteiger partial charge in [-0.25, -0.2) is 23.3 Å². The Morgan fingerprint density at radius 2 is 1.80 bits per heavy atom. The molecule has 17 heteroatoms. The van der Waals surface area contributed by atoms with Gasteiger partial charge in [-0.1, -0.05) is 17.8 Å². The van der Waals surface area contributed by atoms with Crippen molar-refractivity contribution in [1.29, 1.82) is 0 Å². The third kappa shape index (κ3) is 5.55. The Bertz CT molecular complexity index is 2140. The van der Waals surface area contributed by atoms with Gasteiger partial charge in [0.2, 0.25) is 5.91 Å². The van der Waals surface area contributed by atoms with Crippen LogP contribution in [0.3, 0.4) is 0 Å². The number of halogens is 6. The van der Waals surface area contributed by atoms with Crippen LogP contribution in [0.15, 0.2) is 74.5 Å². The van der Waals surface area contributed by atoms with E-state index in [1.165, 1.54) is 15.5 Å². The molecule has 1 saturated heterocycles. The third-order valence-corrected chi connectivity index (χ3v) is 11.0. The molecule has 3 aromatic rings. The zero-order valence-electron chi connectivity index (χ0n) is 26.5. The van der Waals surface area contributed by atoms with E-state index in [1.54, 1.807) is 48.1 Å². The second kappa shape index (κ2) is 12.5. The number of benzene rings is 2. The molecule has 0 radical (unpaired) electrons. The molecule has 1 N–H and O–H groups in total. The molecular formula is C33H28BrF5N7O3S+. The minimum absolute atomic E-state index is 0.000619. The number of nitrogens with one attached hydrogen (secondary N) is 1. The van der Waals surface area contributed by atoms with Crippen molar-refractivity contribution in [2.24, 2.45) is 5.10 Å². The number of anilines is 1. The van der Waals surface area contributed by atoms with Crippen LogP contribution < -0.4 is 15.6 Å². The first-order valence-electron chi connectivity index (χ1n) is 15.5. The van der Waals surface area contributed by atoms with Gasteiger partial charge in [-0.2, -0.15) is 18.2 Å². The number of hydrogen-bond donors (Lipinski definition) is 1. The number of urea groups is 1. The monoisotopic (exact) mass is 776 g/mol. The molecule has 3 amide bonds. The number of thioether (sulfide) groups is 1. The van der Waals surface area contributed by atoms with Crippen LogP contribution in [0.25, 0.3) is 22.0 Å². The maximum absolute atomic E-state index is 15.6. The van der Waals surface area contributed by atoms with Crippen LogP contribution in [0, 0.1) is 11.6 Å². The maximum Gasteiger partial charge on any atom is 0.454 e. The Labute approximate surface area is 294 Å². The highest BCUT2D eigenvalue weighted by atomic mass is 79.9. The number of amidine groups is 1. The van der Waals surface area contributed by atoms with Crippen LogP contribution >= 0.6 is 27.7 Å². The summed E-state index contributed by atoms with van der Waals surface area (Å²) in [7, 11) is 0. The number of piperazine rings is 1. The van der Waals surface area contributed by atoms with Crippen LogP contribution in [0.1, 0.15) is 19.4 Å². The van der Waals surface area contributed by atoms with Gasteiger partial charge in [0.25, 0.3) is 0 Å². The highest BCUT2D eigenvalue weighted by molar-refractivity contribution is 9.10. The predicted octanol–water partition coefficient (Wildman–Crippen LogP) is 4.93. The normalized spacial score (nSPS) is 23.3. The summed E-state index contributed by atoms with van der Waals surface area (Å²) in [5.41, 5.74) is -3.04. The molecule has 1 fully saturated rings. The van der Waals surface area contributed by atoms with E-state index in [0.717, 1.165) is 23.9 Å². The molecule has 0 spiro atoms. The molecule has 7 rings (SSSR count). The van der Waals surface area contributed by atoms with E-state index in [1.807, 2.05) is 0 Å². The lowest BCUT2D eigenvalue weighted by molar-refractivity contribution is -0.845. The number of allylic oxidation sites excluding steroid dienone is 2. The van der Waals surface area contributed by atoms with Gasteiger partial charge >= 0.3 is 17.9 Å². The fourth-order valence-electron chi connectivity index (χ4n) is 7.06. The molecule has 1 aromatic heterocycles. The number of aromatic nitrogens is 2. The maximum atomic E-state index is 15.6. The van der Waals surface area contributed by atoms with Gasteiger partial charge in [-0.15, -0.1) is 16.8 Å². The summed E-state index contributed by atoms with van der Waals surface area (Å²) < 4.78 is 76.4. The highest BCUT2D eigenvalue weighted by Gasteiger charge is 2.45. The Kier molecular flexibility index (Phi) is 8.50. The molecule has 0 bridgehead atoms. The van der Waals surface area contributed by atoms with E-state index >= 15 is 17.6 Å². The number of rotatable bonds is 4. The summed E-state index contributed by atoms with van der Waals surface area (Å²) in [6.45, 7) is 7.24. The first kappa shape index (κ1) is 34.1. The zero-order chi connectivity index (χ0) is 35.8. The van der Waals surface area contributed by atoms with Gasteiger partial charge in [0.1, 0.15) is 23.5 Å². The standard InChI is InChI=1S/C33H27BrF5N7O3S/c1-4-26(47)45-16(2)12-42(13-17(45)3)30-20-9-21(33(37,38)39)27(19-10-22(34)24(36)11-23(19)35)29-28(20)44(31(48)40-30)14-18(15-50-29)46-32(49)43-8-6-5-7-25(43)41-46/h4-11,16-18H,1,12-15H2,2-3H3/p+1/t16-,17+,18?. The summed E-state index contributed by atoms with van der Waals surface area (Å²) in [6.07, 6.45) is 2.70. The first-order valence-corrected chi connectivity index (χ1v) is 17.3. The molecule has 0 saturated carbocycles. The molecule has 2 unspecified atom stereocenters. The molecule has 260 valence electrons. The average molecular weight is 778 g/mol. The highest BCUT2D eigenvalue weighted by Crippen LogP contribution is 2.49. The van der Waals surface area contributed by atoms with Crippen LogP contribution in [-0.4, -0.2) is 74.1 Å². The minimum atomic E-state index is -5.03. The summed E-state index contributed by atoms with van der Waals surface area (Å²) in [5, 5.41) is 4.60. The number of alkyl halides is 3. The molecule has 5 heterocycles. The second-order valence-electron chi connectivity index (χ2n) is 12.4. The Morgan fingerprint density at radius 3 is 2.46 bits per heavy atom. The molecular weight excluding hydrogens is 749 g/mol. The van der Waals surface area contributed by atoms with Crippen LogP contribution in [0.2, 0.25) is 0 Å². The summed E-state index contributed by atoms with van der Waals surface area (Å²) in [5.74, 6) is -2.21. The Morgan fingerprint density at radius 1 is 1.08 bits per heavy atom. The van der Waals surface area contributed by atoms with E-state index in [2.05, 4.69) is 32.6 Å². The number of carbonyl (C=O) groups is 2. The predicted molar refractivity (Wildman–Crippen MR) is 181 cm³/mol. The number of quaternary nitrogens is 1. The number of amides is 3. The minimum Gasteiger partial charge on any atom is -0.352 e. The first-order chi connectivity index (χ1) is 23.7. The van der Waals surface area contributed by atoms with Crippen molar-refractivity contribution in [2.45, 2.75) is 49.6 Å². The van der Waals surface area contributed by atoms with Gasteiger partial charge < -0.3 is 9.80 Å². The SMILES string of the molecule is C=CC(=O)N1[C@H](C)CN(c2nc(=O)n3c4c(c(-c5cc(Br)c(F)cc5F)c(C(F)(F)F)cc24)SCC([NH+]2N=C4C=CC=CN4C2=O)C3)C[C@@H]1C. The molecule has 4 aliphatic rings. The van der Waals surface area contributed by atoms with Crippen molar-refractivity contribution in [3.05, 3.63) is 87.4 Å². The number of nitrogens with zero attached hydrogens (tertiary/aromatic N) is 6. The molecule has 2 aromatic carbocycles. The largest absolute Gasteiger partial charge is 0.454 e. The zero-order valence-corrected chi connectivity index (χ0v) is 28.9. The van der Waals surface area contributed by atoms with Crippen molar-refractivity contribution in [1.82, 2.24) is 19.4 Å². The third-order valence-electron chi connectivity index (χ3n) is 9.16. The van der Waals surface area contributed by atoms with Crippen LogP contribution in [-0.2, 0) is 17.5 Å². The molecule has 10 nitrogen and oxygen atoms in total. The molecule has 50 heavy (non-hydrogen) atoms. The van der Waals surface area contributed by atoms with Crippen LogP contribution in [0.4, 0.5) is 32.6 Å². The lowest BCUT2D eigenvalue weighted by Gasteiger charge is -2.44. The van der Waals surface area contributed by atoms with E-state index in [-0.39, 0.29) is 62.4 Å². The van der Waals surface area contributed by atoms with E-state index < -0.39 is 64.3 Å². The van der Waals surface area contributed by atoms with Gasteiger partial charge in [0, 0.05) is 58.8 Å². The smallest absolute Gasteiger partial charge is 0.352 e. The summed E-state index contributed by atoms with van der Waals surface area (Å²) in [6, 6.07) is 0.260. The lowest BCUT2D eigenvalue weighted by Crippen LogP contribution is -3.14. The van der Waals surface area contributed by atoms with Crippen molar-refractivity contribution in [3.63, 3.8) is 0 Å². The Balaban J connectivity index is 1.48. The fraction of sp³-hybridized carbons (Fsp3) is 0.303. The average Bonchev–Trinajstić information content (AvgIpc) is 3.26. The lowest BCUT2D eigenvalue weighted by atomic mass is 9.95. The van der Waals surface area contributed by atoms with Crippen molar-refractivity contribution in [3.8, 4) is 11.1 Å². The van der Waals surface area contributed by atoms with E-state index in [9.17, 15) is 18.8 Å². The topological polar surface area (TPSA) is 95.6 Å². The molecule has 4 atom stereocenters. The van der Waals surface area contributed by atoms with Gasteiger partial charge in [-0.05, 0) is 60.1 Å². The summed E-state index contributed by atoms with van der Waals surface area (Å²) >= 11 is 3.92. The molecule has 4 aliphatic heterocycles.